The lowest BCUT2D eigenvalue weighted by Gasteiger charge is -2.18. The normalized spacial score (nSPS) is 14.9. The molecule has 1 aliphatic rings. The monoisotopic (exact) mass is 356 g/mol. The van der Waals surface area contributed by atoms with Crippen LogP contribution in [0.15, 0.2) is 39.3 Å². The Hall–Kier alpha value is -2.65. The Balaban J connectivity index is 2.14. The summed E-state index contributed by atoms with van der Waals surface area (Å²) in [7, 11) is 0. The molecule has 1 saturated carbocycles. The number of azo groups is 1. The quantitative estimate of drug-likeness (QED) is 0.791. The van der Waals surface area contributed by atoms with E-state index in [1.165, 1.54) is 4.57 Å². The number of halogens is 1. The van der Waals surface area contributed by atoms with Crippen LogP contribution in [0.25, 0.3) is 0 Å². The van der Waals surface area contributed by atoms with Gasteiger partial charge in [-0.1, -0.05) is 30.5 Å². The first-order valence-electron chi connectivity index (χ1n) is 8.08. The number of nitrogens with zero attached hydrogens (tertiary/aromatic N) is 4. The lowest BCUT2D eigenvalue weighted by atomic mass is 10.1. The molecule has 1 fully saturated rings. The predicted octanol–water partition coefficient (Wildman–Crippen LogP) is 4.92. The van der Waals surface area contributed by atoms with Crippen LogP contribution in [-0.4, -0.2) is 9.67 Å². The van der Waals surface area contributed by atoms with Crippen molar-refractivity contribution in [1.82, 2.24) is 4.57 Å². The maximum absolute atomic E-state index is 12.9. The number of hydrogen-bond acceptors (Lipinski definition) is 5. The van der Waals surface area contributed by atoms with E-state index >= 15 is 0 Å². The van der Waals surface area contributed by atoms with Crippen LogP contribution in [0.4, 0.5) is 11.4 Å². The van der Waals surface area contributed by atoms with E-state index in [1.807, 2.05) is 6.07 Å². The van der Waals surface area contributed by atoms with Crippen LogP contribution in [0.3, 0.4) is 0 Å². The van der Waals surface area contributed by atoms with Gasteiger partial charge in [-0.25, -0.2) is 0 Å². The Labute approximate surface area is 150 Å². The average Bonchev–Trinajstić information content (AvgIpc) is 3.09. The molecule has 7 heteroatoms. The number of rotatable bonds is 3. The van der Waals surface area contributed by atoms with Gasteiger partial charge in [-0.05, 0) is 38.0 Å². The van der Waals surface area contributed by atoms with E-state index in [9.17, 15) is 15.2 Å². The minimum absolute atomic E-state index is 0.0616. The molecule has 128 valence electrons. The molecule has 1 aliphatic carbocycles. The van der Waals surface area contributed by atoms with Gasteiger partial charge in [-0.15, -0.1) is 5.11 Å². The highest BCUT2D eigenvalue weighted by Gasteiger charge is 2.26. The zero-order valence-electron chi connectivity index (χ0n) is 13.7. The SMILES string of the molecule is Cc1c(C#N)c(O)n(C2CCCC2)c(=O)c1N=Nc1cccc(Cl)c1. The van der Waals surface area contributed by atoms with Crippen LogP contribution in [0, 0.1) is 18.3 Å². The second-order valence-electron chi connectivity index (χ2n) is 6.08. The Bertz CT molecular complexity index is 937. The number of aromatic nitrogens is 1. The maximum Gasteiger partial charge on any atom is 0.281 e. The largest absolute Gasteiger partial charge is 0.493 e. The number of nitriles is 1. The Kier molecular flexibility index (Phi) is 4.86. The van der Waals surface area contributed by atoms with Gasteiger partial charge in [0, 0.05) is 16.6 Å². The van der Waals surface area contributed by atoms with Crippen LogP contribution in [0.1, 0.15) is 42.9 Å². The fraction of sp³-hybridized carbons (Fsp3) is 0.333. The highest BCUT2D eigenvalue weighted by Crippen LogP contribution is 2.35. The second kappa shape index (κ2) is 7.08. The topological polar surface area (TPSA) is 90.7 Å². The fourth-order valence-electron chi connectivity index (χ4n) is 3.18. The Morgan fingerprint density at radius 2 is 2.04 bits per heavy atom. The summed E-state index contributed by atoms with van der Waals surface area (Å²) in [5, 5.41) is 28.4. The molecular weight excluding hydrogens is 340 g/mol. The Morgan fingerprint density at radius 3 is 2.68 bits per heavy atom. The summed E-state index contributed by atoms with van der Waals surface area (Å²) in [5.74, 6) is -0.279. The van der Waals surface area contributed by atoms with Crippen LogP contribution < -0.4 is 5.56 Å². The van der Waals surface area contributed by atoms with Gasteiger partial charge < -0.3 is 5.11 Å². The third-order valence-electron chi connectivity index (χ3n) is 4.48. The molecule has 1 heterocycles. The number of benzene rings is 1. The lowest BCUT2D eigenvalue weighted by Crippen LogP contribution is -2.24. The van der Waals surface area contributed by atoms with Gasteiger partial charge in [-0.3, -0.25) is 9.36 Å². The van der Waals surface area contributed by atoms with Gasteiger partial charge in [-0.2, -0.15) is 10.4 Å². The van der Waals surface area contributed by atoms with E-state index < -0.39 is 5.56 Å². The predicted molar refractivity (Wildman–Crippen MR) is 95.0 cm³/mol. The molecule has 0 aliphatic heterocycles. The highest BCUT2D eigenvalue weighted by atomic mass is 35.5. The van der Waals surface area contributed by atoms with Gasteiger partial charge in [0.1, 0.15) is 11.6 Å². The van der Waals surface area contributed by atoms with E-state index in [0.29, 0.717) is 16.3 Å². The summed E-state index contributed by atoms with van der Waals surface area (Å²) < 4.78 is 1.30. The van der Waals surface area contributed by atoms with Crippen molar-refractivity contribution >= 4 is 23.0 Å². The summed E-state index contributed by atoms with van der Waals surface area (Å²) >= 11 is 5.93. The van der Waals surface area contributed by atoms with Crippen LogP contribution in [-0.2, 0) is 0 Å². The molecule has 3 rings (SSSR count). The fourth-order valence-corrected chi connectivity index (χ4v) is 3.36. The number of pyridine rings is 1. The molecule has 0 spiro atoms. The van der Waals surface area contributed by atoms with Crippen molar-refractivity contribution in [3.8, 4) is 11.9 Å². The molecule has 0 radical (unpaired) electrons. The third kappa shape index (κ3) is 3.28. The summed E-state index contributed by atoms with van der Waals surface area (Å²) in [6, 6.07) is 8.65. The molecule has 0 saturated heterocycles. The van der Waals surface area contributed by atoms with Crippen molar-refractivity contribution in [2.24, 2.45) is 10.2 Å². The van der Waals surface area contributed by atoms with Gasteiger partial charge in [0.25, 0.3) is 5.56 Å². The van der Waals surface area contributed by atoms with Crippen LogP contribution >= 0.6 is 11.6 Å². The first-order chi connectivity index (χ1) is 12.0. The molecule has 2 aromatic rings. The standard InChI is InChI=1S/C18H17ClN4O2/c1-11-15(10-20)17(24)23(14-7-2-3-8-14)18(25)16(11)22-21-13-6-4-5-12(19)9-13/h4-6,9,14,24H,2-3,7-8H2,1H3. The molecule has 25 heavy (non-hydrogen) atoms. The molecule has 0 atom stereocenters. The molecular formula is C18H17ClN4O2. The summed E-state index contributed by atoms with van der Waals surface area (Å²) in [6.07, 6.45) is 3.58. The van der Waals surface area contributed by atoms with Crippen molar-refractivity contribution < 1.29 is 5.11 Å². The van der Waals surface area contributed by atoms with E-state index in [2.05, 4.69) is 10.2 Å². The minimum Gasteiger partial charge on any atom is -0.493 e. The molecule has 1 aromatic heterocycles. The smallest absolute Gasteiger partial charge is 0.281 e. The van der Waals surface area contributed by atoms with Gasteiger partial charge in [0.05, 0.1) is 5.69 Å². The maximum atomic E-state index is 12.9. The van der Waals surface area contributed by atoms with Crippen LogP contribution in [0.5, 0.6) is 5.88 Å². The van der Waals surface area contributed by atoms with E-state index in [0.717, 1.165) is 25.7 Å². The van der Waals surface area contributed by atoms with E-state index in [1.54, 1.807) is 31.2 Å². The Morgan fingerprint density at radius 1 is 1.32 bits per heavy atom. The van der Waals surface area contributed by atoms with Crippen molar-refractivity contribution in [3.63, 3.8) is 0 Å². The molecule has 1 aromatic carbocycles. The third-order valence-corrected chi connectivity index (χ3v) is 4.71. The molecule has 0 bridgehead atoms. The van der Waals surface area contributed by atoms with Gasteiger partial charge in [0.2, 0.25) is 5.88 Å². The number of hydrogen-bond donors (Lipinski definition) is 1. The van der Waals surface area contributed by atoms with Crippen molar-refractivity contribution in [1.29, 1.82) is 5.26 Å². The lowest BCUT2D eigenvalue weighted by molar-refractivity contribution is 0.368. The molecule has 0 amide bonds. The average molecular weight is 357 g/mol. The van der Waals surface area contributed by atoms with E-state index in [4.69, 9.17) is 11.6 Å². The van der Waals surface area contributed by atoms with Gasteiger partial charge in [0.15, 0.2) is 5.69 Å². The molecule has 6 nitrogen and oxygen atoms in total. The van der Waals surface area contributed by atoms with Gasteiger partial charge >= 0.3 is 0 Å². The van der Waals surface area contributed by atoms with Crippen LogP contribution in [0.2, 0.25) is 5.02 Å². The summed E-state index contributed by atoms with van der Waals surface area (Å²) in [5.41, 5.74) is 0.537. The summed E-state index contributed by atoms with van der Waals surface area (Å²) in [4.78, 5) is 12.9. The van der Waals surface area contributed by atoms with Crippen molar-refractivity contribution in [2.75, 3.05) is 0 Å². The zero-order chi connectivity index (χ0) is 18.0. The number of aromatic hydroxyl groups is 1. The molecule has 0 unspecified atom stereocenters. The first-order valence-corrected chi connectivity index (χ1v) is 8.46. The summed E-state index contributed by atoms with van der Waals surface area (Å²) in [6.45, 7) is 1.59. The first kappa shape index (κ1) is 17.2. The highest BCUT2D eigenvalue weighted by molar-refractivity contribution is 6.30. The zero-order valence-corrected chi connectivity index (χ0v) is 14.5. The molecule has 1 N–H and O–H groups in total. The van der Waals surface area contributed by atoms with Crippen molar-refractivity contribution in [2.45, 2.75) is 38.6 Å². The second-order valence-corrected chi connectivity index (χ2v) is 6.51. The van der Waals surface area contributed by atoms with Crippen molar-refractivity contribution in [3.05, 3.63) is 50.8 Å². The van der Waals surface area contributed by atoms with E-state index in [-0.39, 0.29) is 23.2 Å². The minimum atomic E-state index is -0.424.